The Morgan fingerprint density at radius 3 is 2.82 bits per heavy atom. The summed E-state index contributed by atoms with van der Waals surface area (Å²) in [6, 6.07) is 4.17. The first-order valence-electron chi connectivity index (χ1n) is 10.4. The van der Waals surface area contributed by atoms with Crippen molar-refractivity contribution in [2.45, 2.75) is 13.8 Å². The number of rotatable bonds is 9. The summed E-state index contributed by atoms with van der Waals surface area (Å²) >= 11 is 0. The summed E-state index contributed by atoms with van der Waals surface area (Å²) < 4.78 is 10.0. The number of allylic oxidation sites excluding steroid dienone is 2. The molecule has 0 radical (unpaired) electrons. The number of nitrogens with one attached hydrogen (secondary N) is 1. The zero-order valence-electron chi connectivity index (χ0n) is 18.3. The molecule has 0 saturated carbocycles. The lowest BCUT2D eigenvalue weighted by atomic mass is 9.84. The molecule has 1 aliphatic carbocycles. The number of ether oxygens (including phenoxy) is 2. The number of hydrazone groups is 1. The van der Waals surface area contributed by atoms with Crippen LogP contribution >= 0.6 is 0 Å². The van der Waals surface area contributed by atoms with Gasteiger partial charge in [0.1, 0.15) is 11.5 Å². The lowest BCUT2D eigenvalue weighted by Crippen LogP contribution is -2.33. The van der Waals surface area contributed by atoms with Gasteiger partial charge >= 0.3 is 5.97 Å². The second-order valence-corrected chi connectivity index (χ2v) is 7.54. The van der Waals surface area contributed by atoms with E-state index in [2.05, 4.69) is 10.5 Å². The first-order chi connectivity index (χ1) is 15.8. The zero-order valence-corrected chi connectivity index (χ0v) is 18.3. The quantitative estimate of drug-likeness (QED) is 0.246. The molecule has 2 atom stereocenters. The predicted molar refractivity (Wildman–Crippen MR) is 118 cm³/mol. The summed E-state index contributed by atoms with van der Waals surface area (Å²) in [5.41, 5.74) is 3.17. The molecule has 0 fully saturated rings. The molecule has 3 rings (SSSR count). The Balaban J connectivity index is 1.58. The number of nitrogens with zero attached hydrogens (tertiary/aromatic N) is 2. The maximum absolute atomic E-state index is 12.7. The van der Waals surface area contributed by atoms with Crippen LogP contribution in [0.25, 0.3) is 0 Å². The maximum Gasteiger partial charge on any atom is 0.344 e. The monoisotopic (exact) mass is 455 g/mol. The fourth-order valence-corrected chi connectivity index (χ4v) is 3.54. The van der Waals surface area contributed by atoms with Crippen LogP contribution in [0.5, 0.6) is 11.5 Å². The largest absolute Gasteiger partial charge is 0.507 e. The number of Topliss-reactive ketones (excluding diaryl/α,β-unsaturated/α-hetero) is 2. The SMILES string of the molecule is CCOC(=O)COc1ccc(C(=O)CN2C=C3C=CC(C=NNC(C)=O)C(=O)C3C2)c(O)c1. The van der Waals surface area contributed by atoms with Crippen LogP contribution in [0.1, 0.15) is 24.2 Å². The van der Waals surface area contributed by atoms with E-state index in [1.54, 1.807) is 24.1 Å². The van der Waals surface area contributed by atoms with E-state index in [0.717, 1.165) is 5.57 Å². The van der Waals surface area contributed by atoms with E-state index in [-0.39, 0.29) is 54.3 Å². The Labute approximate surface area is 190 Å². The van der Waals surface area contributed by atoms with Gasteiger partial charge in [-0.1, -0.05) is 12.2 Å². The van der Waals surface area contributed by atoms with E-state index < -0.39 is 17.8 Å². The number of aromatic hydroxyl groups is 1. The van der Waals surface area contributed by atoms with Gasteiger partial charge in [0.2, 0.25) is 5.91 Å². The molecule has 1 aromatic rings. The third kappa shape index (κ3) is 6.06. The lowest BCUT2D eigenvalue weighted by molar-refractivity contribution is -0.145. The Kier molecular flexibility index (Phi) is 7.60. The Hall–Kier alpha value is -3.95. The minimum absolute atomic E-state index is 0.0254. The van der Waals surface area contributed by atoms with Crippen molar-refractivity contribution in [1.82, 2.24) is 10.3 Å². The topological polar surface area (TPSA) is 135 Å². The molecule has 33 heavy (non-hydrogen) atoms. The third-order valence-corrected chi connectivity index (χ3v) is 5.05. The Bertz CT molecular complexity index is 1040. The van der Waals surface area contributed by atoms with E-state index in [4.69, 9.17) is 9.47 Å². The van der Waals surface area contributed by atoms with Crippen LogP contribution in [-0.2, 0) is 19.1 Å². The first kappa shape index (κ1) is 23.7. The molecule has 1 aliphatic heterocycles. The highest BCUT2D eigenvalue weighted by Gasteiger charge is 2.35. The van der Waals surface area contributed by atoms with Crippen molar-refractivity contribution < 1.29 is 33.8 Å². The van der Waals surface area contributed by atoms with Crippen molar-refractivity contribution in [3.05, 3.63) is 47.7 Å². The molecule has 0 aromatic heterocycles. The van der Waals surface area contributed by atoms with E-state index in [9.17, 15) is 24.3 Å². The van der Waals surface area contributed by atoms with E-state index in [1.165, 1.54) is 31.3 Å². The number of carbonyl (C=O) groups is 4. The van der Waals surface area contributed by atoms with Gasteiger partial charge in [0.05, 0.1) is 30.6 Å². The van der Waals surface area contributed by atoms with Crippen molar-refractivity contribution in [2.75, 3.05) is 26.3 Å². The molecule has 10 nitrogen and oxygen atoms in total. The number of esters is 1. The van der Waals surface area contributed by atoms with Gasteiger partial charge in [-0.15, -0.1) is 0 Å². The van der Waals surface area contributed by atoms with E-state index in [1.807, 2.05) is 6.08 Å². The van der Waals surface area contributed by atoms with Crippen LogP contribution in [0.3, 0.4) is 0 Å². The number of hydrogen-bond donors (Lipinski definition) is 2. The normalized spacial score (nSPS) is 19.3. The lowest BCUT2D eigenvalue weighted by Gasteiger charge is -2.21. The average Bonchev–Trinajstić information content (AvgIpc) is 3.17. The molecule has 174 valence electrons. The van der Waals surface area contributed by atoms with Crippen molar-refractivity contribution in [1.29, 1.82) is 0 Å². The molecule has 10 heteroatoms. The minimum Gasteiger partial charge on any atom is -0.507 e. The fraction of sp³-hybridized carbons (Fsp3) is 0.348. The summed E-state index contributed by atoms with van der Waals surface area (Å²) in [7, 11) is 0. The molecule has 0 spiro atoms. The van der Waals surface area contributed by atoms with Crippen molar-refractivity contribution in [3.8, 4) is 11.5 Å². The highest BCUT2D eigenvalue weighted by molar-refractivity contribution is 6.02. The standard InChI is InChI=1S/C23H25N3O7/c1-3-32-22(30)13-33-17-6-7-18(20(28)8-17)21(29)12-26-10-16-5-4-15(9-24-25-14(2)27)23(31)19(16)11-26/h4-10,15,19,28H,3,11-13H2,1-2H3,(H,25,27). The number of phenolic OH excluding ortho intramolecular Hbond substituents is 1. The minimum atomic E-state index is -0.555. The van der Waals surface area contributed by atoms with Gasteiger partial charge in [0, 0.05) is 31.9 Å². The van der Waals surface area contributed by atoms with Crippen molar-refractivity contribution in [2.24, 2.45) is 16.9 Å². The number of ketones is 2. The van der Waals surface area contributed by atoms with Crippen LogP contribution in [-0.4, -0.2) is 66.0 Å². The number of fused-ring (bicyclic) bond motifs is 1. The fourth-order valence-electron chi connectivity index (χ4n) is 3.54. The molecule has 2 N–H and O–H groups in total. The van der Waals surface area contributed by atoms with Gasteiger partial charge in [-0.25, -0.2) is 10.2 Å². The van der Waals surface area contributed by atoms with Crippen LogP contribution in [0.2, 0.25) is 0 Å². The summed E-state index contributed by atoms with van der Waals surface area (Å²) in [5.74, 6) is -2.26. The third-order valence-electron chi connectivity index (χ3n) is 5.05. The Morgan fingerprint density at radius 1 is 1.33 bits per heavy atom. The van der Waals surface area contributed by atoms with Crippen molar-refractivity contribution in [3.63, 3.8) is 0 Å². The molecule has 0 saturated heterocycles. The molecule has 1 aromatic carbocycles. The van der Waals surface area contributed by atoms with Gasteiger partial charge in [0.15, 0.2) is 18.2 Å². The van der Waals surface area contributed by atoms with Gasteiger partial charge in [-0.3, -0.25) is 14.4 Å². The molecule has 1 heterocycles. The number of carbonyl (C=O) groups excluding carboxylic acids is 4. The number of benzene rings is 1. The van der Waals surface area contributed by atoms with Gasteiger partial charge < -0.3 is 19.5 Å². The molecular weight excluding hydrogens is 430 g/mol. The highest BCUT2D eigenvalue weighted by Crippen LogP contribution is 2.31. The zero-order chi connectivity index (χ0) is 24.0. The number of hydrogen-bond acceptors (Lipinski definition) is 9. The van der Waals surface area contributed by atoms with E-state index in [0.29, 0.717) is 6.54 Å². The smallest absolute Gasteiger partial charge is 0.344 e. The summed E-state index contributed by atoms with van der Waals surface area (Å²) in [4.78, 5) is 49.5. The number of phenols is 1. The second kappa shape index (κ2) is 10.6. The van der Waals surface area contributed by atoms with E-state index >= 15 is 0 Å². The van der Waals surface area contributed by atoms with Gasteiger partial charge in [-0.2, -0.15) is 5.10 Å². The molecular formula is C23H25N3O7. The van der Waals surface area contributed by atoms with Crippen molar-refractivity contribution >= 4 is 29.7 Å². The van der Waals surface area contributed by atoms with Crippen LogP contribution in [0, 0.1) is 11.8 Å². The van der Waals surface area contributed by atoms with Gasteiger partial charge in [0.25, 0.3) is 0 Å². The summed E-state index contributed by atoms with van der Waals surface area (Å²) in [6.45, 7) is 3.24. The van der Waals surface area contributed by atoms with Gasteiger partial charge in [-0.05, 0) is 24.6 Å². The second-order valence-electron chi connectivity index (χ2n) is 7.54. The molecule has 0 bridgehead atoms. The summed E-state index contributed by atoms with van der Waals surface area (Å²) in [5, 5.41) is 14.0. The molecule has 1 amide bonds. The van der Waals surface area contributed by atoms with Crippen LogP contribution < -0.4 is 10.2 Å². The average molecular weight is 455 g/mol. The molecule has 2 aliphatic rings. The number of amides is 1. The maximum atomic E-state index is 12.7. The Morgan fingerprint density at radius 2 is 2.12 bits per heavy atom. The first-order valence-corrected chi connectivity index (χ1v) is 10.4. The summed E-state index contributed by atoms with van der Waals surface area (Å²) in [6.07, 6.45) is 6.65. The van der Waals surface area contributed by atoms with Crippen LogP contribution in [0.15, 0.2) is 47.2 Å². The predicted octanol–water partition coefficient (Wildman–Crippen LogP) is 1.21. The molecule has 2 unspecified atom stereocenters. The highest BCUT2D eigenvalue weighted by atomic mass is 16.6. The van der Waals surface area contributed by atoms with Crippen LogP contribution in [0.4, 0.5) is 0 Å².